The molecule has 10 heteroatoms. The quantitative estimate of drug-likeness (QED) is 0.766. The van der Waals surface area contributed by atoms with E-state index in [-0.39, 0.29) is 0 Å². The zero-order chi connectivity index (χ0) is 19.6. The van der Waals surface area contributed by atoms with Crippen LogP contribution in [0.15, 0.2) is 12.4 Å². The van der Waals surface area contributed by atoms with Gasteiger partial charge in [-0.1, -0.05) is 11.3 Å². The van der Waals surface area contributed by atoms with E-state index < -0.39 is 29.4 Å². The average Bonchev–Trinajstić information content (AvgIpc) is 3.02. The van der Waals surface area contributed by atoms with Crippen molar-refractivity contribution in [2.24, 2.45) is 0 Å². The molecule has 1 aliphatic carbocycles. The maximum absolute atomic E-state index is 13.3. The summed E-state index contributed by atoms with van der Waals surface area (Å²) in [6.45, 7) is 7.13. The van der Waals surface area contributed by atoms with Gasteiger partial charge in [-0.05, 0) is 40.5 Å². The number of aromatic nitrogens is 3. The highest BCUT2D eigenvalue weighted by atomic mass is 32.1. The summed E-state index contributed by atoms with van der Waals surface area (Å²) in [7, 11) is 0. The highest BCUT2D eigenvalue weighted by molar-refractivity contribution is 7.19. The molecular weight excluding hydrogens is 370 g/mol. The lowest BCUT2D eigenvalue weighted by molar-refractivity contribution is -0.165. The molecule has 1 aliphatic heterocycles. The van der Waals surface area contributed by atoms with Crippen LogP contribution in [0, 0.1) is 6.92 Å². The van der Waals surface area contributed by atoms with Crippen molar-refractivity contribution in [2.45, 2.75) is 58.0 Å². The third-order valence-electron chi connectivity index (χ3n) is 4.62. The first kappa shape index (κ1) is 17.9. The maximum Gasteiger partial charge on any atom is 0.332 e. The largest absolute Gasteiger partial charge is 0.458 e. The van der Waals surface area contributed by atoms with Crippen molar-refractivity contribution in [3.05, 3.63) is 23.5 Å². The topological polar surface area (TPSA) is 110 Å². The Kier molecular flexibility index (Phi) is 3.83. The molecule has 2 aromatic rings. The van der Waals surface area contributed by atoms with Gasteiger partial charge in [0.25, 0.3) is 5.91 Å². The number of esters is 1. The molecule has 1 atom stereocenters. The first-order valence-corrected chi connectivity index (χ1v) is 9.47. The van der Waals surface area contributed by atoms with E-state index in [4.69, 9.17) is 4.74 Å². The summed E-state index contributed by atoms with van der Waals surface area (Å²) in [5.74, 6) is -0.888. The molecule has 0 bridgehead atoms. The Morgan fingerprint density at radius 1 is 1.37 bits per heavy atom. The lowest BCUT2D eigenvalue weighted by Crippen LogP contribution is -2.58. The molecule has 0 spiro atoms. The Morgan fingerprint density at radius 3 is 2.56 bits per heavy atom. The van der Waals surface area contributed by atoms with Gasteiger partial charge in [0.1, 0.15) is 21.1 Å². The minimum absolute atomic E-state index is 0.397. The zero-order valence-corrected chi connectivity index (χ0v) is 16.3. The van der Waals surface area contributed by atoms with Gasteiger partial charge >= 0.3 is 5.97 Å². The van der Waals surface area contributed by atoms with E-state index in [1.807, 2.05) is 0 Å². The fourth-order valence-electron chi connectivity index (χ4n) is 3.25. The monoisotopic (exact) mass is 391 g/mol. The molecule has 4 rings (SSSR count). The van der Waals surface area contributed by atoms with Gasteiger partial charge < -0.3 is 15.2 Å². The van der Waals surface area contributed by atoms with Gasteiger partial charge in [-0.25, -0.2) is 4.79 Å². The van der Waals surface area contributed by atoms with E-state index in [1.165, 1.54) is 21.0 Å². The number of nitrogens with one attached hydrogen (secondary N) is 1. The van der Waals surface area contributed by atoms with Gasteiger partial charge in [0, 0.05) is 5.56 Å². The second-order valence-corrected chi connectivity index (χ2v) is 8.78. The minimum Gasteiger partial charge on any atom is -0.458 e. The smallest absolute Gasteiger partial charge is 0.332 e. The maximum atomic E-state index is 13.3. The van der Waals surface area contributed by atoms with Crippen LogP contribution in [0.5, 0.6) is 0 Å². The van der Waals surface area contributed by atoms with Gasteiger partial charge in [0.05, 0.1) is 18.0 Å². The summed E-state index contributed by atoms with van der Waals surface area (Å²) in [6.07, 6.45) is 2.71. The van der Waals surface area contributed by atoms with Gasteiger partial charge in [0.2, 0.25) is 6.35 Å². The molecule has 1 unspecified atom stereocenters. The molecule has 3 heterocycles. The molecule has 1 fully saturated rings. The molecule has 1 amide bonds. The third-order valence-corrected chi connectivity index (χ3v) is 5.81. The van der Waals surface area contributed by atoms with Gasteiger partial charge in [0.15, 0.2) is 0 Å². The number of aliphatic hydroxyl groups is 1. The normalized spacial score (nSPS) is 20.9. The van der Waals surface area contributed by atoms with Crippen LogP contribution in [-0.2, 0) is 9.53 Å². The van der Waals surface area contributed by atoms with Crippen LogP contribution in [-0.4, -0.2) is 54.4 Å². The lowest BCUT2D eigenvalue weighted by atomic mass is 10.1. The first-order valence-electron chi connectivity index (χ1n) is 8.66. The van der Waals surface area contributed by atoms with Crippen molar-refractivity contribution in [2.75, 3.05) is 5.32 Å². The molecular formula is C17H21N5O4S. The average molecular weight is 391 g/mol. The van der Waals surface area contributed by atoms with Crippen molar-refractivity contribution in [3.63, 3.8) is 0 Å². The second-order valence-electron chi connectivity index (χ2n) is 7.78. The standard InChI is InChI=1S/C17H21N5O4S/c1-9-10-11(27-13(9)22-18-7-8-19-22)20-15(25)21(12(10)23)17(5-6-17)14(24)26-16(2,3)4/h7-8,15,20,25H,5-6H2,1-4H3. The lowest BCUT2D eigenvalue weighted by Gasteiger charge is -2.39. The van der Waals surface area contributed by atoms with Gasteiger partial charge in [-0.15, -0.1) is 4.80 Å². The summed E-state index contributed by atoms with van der Waals surface area (Å²) in [6, 6.07) is 0. The SMILES string of the molecule is Cc1c(-n2nccn2)sc2c1C(=O)N(C1(C(=O)OC(C)(C)C)CC1)C(O)N2. The Morgan fingerprint density at radius 2 is 2.00 bits per heavy atom. The molecule has 0 aromatic carbocycles. The number of amides is 1. The molecule has 144 valence electrons. The molecule has 0 saturated heterocycles. The van der Waals surface area contributed by atoms with E-state index in [0.29, 0.717) is 34.0 Å². The molecule has 1 saturated carbocycles. The van der Waals surface area contributed by atoms with Crippen LogP contribution in [0.1, 0.15) is 49.5 Å². The number of fused-ring (bicyclic) bond motifs is 1. The zero-order valence-electron chi connectivity index (χ0n) is 15.5. The highest BCUT2D eigenvalue weighted by Crippen LogP contribution is 2.49. The summed E-state index contributed by atoms with van der Waals surface area (Å²) in [4.78, 5) is 28.7. The van der Waals surface area contributed by atoms with Gasteiger partial charge in [-0.2, -0.15) is 10.2 Å². The van der Waals surface area contributed by atoms with E-state index in [1.54, 1.807) is 40.1 Å². The molecule has 2 N–H and O–H groups in total. The highest BCUT2D eigenvalue weighted by Gasteiger charge is 2.62. The van der Waals surface area contributed by atoms with Crippen molar-refractivity contribution in [3.8, 4) is 5.00 Å². The number of anilines is 1. The Labute approximate surface area is 159 Å². The van der Waals surface area contributed by atoms with Crippen molar-refractivity contribution in [1.82, 2.24) is 19.9 Å². The van der Waals surface area contributed by atoms with Crippen molar-refractivity contribution >= 4 is 28.2 Å². The predicted octanol–water partition coefficient (Wildman–Crippen LogP) is 1.66. The summed E-state index contributed by atoms with van der Waals surface area (Å²) < 4.78 is 5.50. The van der Waals surface area contributed by atoms with Crippen LogP contribution in [0.2, 0.25) is 0 Å². The number of aliphatic hydroxyl groups excluding tert-OH is 1. The fraction of sp³-hybridized carbons (Fsp3) is 0.529. The number of thiophene rings is 1. The molecule has 9 nitrogen and oxygen atoms in total. The number of carbonyl (C=O) groups is 2. The minimum atomic E-state index is -1.31. The molecule has 2 aliphatic rings. The number of hydrogen-bond donors (Lipinski definition) is 2. The van der Waals surface area contributed by atoms with Crippen LogP contribution in [0.25, 0.3) is 5.00 Å². The Hall–Kier alpha value is -2.46. The Bertz CT molecular complexity index is 911. The second kappa shape index (κ2) is 5.77. The van der Waals surface area contributed by atoms with Crippen LogP contribution in [0.4, 0.5) is 5.00 Å². The third kappa shape index (κ3) is 2.79. The van der Waals surface area contributed by atoms with Crippen molar-refractivity contribution in [1.29, 1.82) is 0 Å². The fourth-order valence-corrected chi connectivity index (χ4v) is 4.38. The summed E-state index contributed by atoms with van der Waals surface area (Å²) >= 11 is 1.28. The number of rotatable bonds is 3. The number of nitrogens with zero attached hydrogens (tertiary/aromatic N) is 4. The van der Waals surface area contributed by atoms with E-state index in [2.05, 4.69) is 15.5 Å². The van der Waals surface area contributed by atoms with Crippen LogP contribution < -0.4 is 5.32 Å². The van der Waals surface area contributed by atoms with Gasteiger partial charge in [-0.3, -0.25) is 9.69 Å². The van der Waals surface area contributed by atoms with Crippen LogP contribution >= 0.6 is 11.3 Å². The van der Waals surface area contributed by atoms with E-state index >= 15 is 0 Å². The number of carbonyl (C=O) groups excluding carboxylic acids is 2. The van der Waals surface area contributed by atoms with Crippen molar-refractivity contribution < 1.29 is 19.4 Å². The summed E-state index contributed by atoms with van der Waals surface area (Å²) in [5, 5.41) is 23.0. The first-order chi connectivity index (χ1) is 12.6. The molecule has 2 aromatic heterocycles. The summed E-state index contributed by atoms with van der Waals surface area (Å²) in [5.41, 5.74) is -0.688. The Balaban J connectivity index is 1.71. The van der Waals surface area contributed by atoms with E-state index in [0.717, 1.165) is 0 Å². The molecule has 27 heavy (non-hydrogen) atoms. The number of hydrogen-bond acceptors (Lipinski definition) is 8. The number of ether oxygens (including phenoxy) is 1. The predicted molar refractivity (Wildman–Crippen MR) is 97.6 cm³/mol. The molecule has 0 radical (unpaired) electrons. The van der Waals surface area contributed by atoms with Crippen LogP contribution in [0.3, 0.4) is 0 Å². The van der Waals surface area contributed by atoms with E-state index in [9.17, 15) is 14.7 Å².